The van der Waals surface area contributed by atoms with E-state index < -0.39 is 0 Å². The summed E-state index contributed by atoms with van der Waals surface area (Å²) < 4.78 is 7.06. The Kier molecular flexibility index (Phi) is 3.62. The number of ether oxygens (including phenoxy) is 1. The van der Waals surface area contributed by atoms with Crippen LogP contribution in [0.1, 0.15) is 23.5 Å². The third-order valence-electron chi connectivity index (χ3n) is 3.52. The molecule has 1 atom stereocenters. The lowest BCUT2D eigenvalue weighted by Crippen LogP contribution is -2.22. The second-order valence-corrected chi connectivity index (χ2v) is 5.05. The molecule has 0 radical (unpaired) electrons. The third kappa shape index (κ3) is 2.75. The molecule has 1 aliphatic heterocycles. The number of aliphatic hydroxyl groups excluding tert-OH is 1. The van der Waals surface area contributed by atoms with Crippen molar-refractivity contribution in [2.45, 2.75) is 12.3 Å². The fourth-order valence-corrected chi connectivity index (χ4v) is 2.59. The van der Waals surface area contributed by atoms with E-state index in [4.69, 9.17) is 9.84 Å². The molecule has 0 saturated heterocycles. The van der Waals surface area contributed by atoms with Gasteiger partial charge < -0.3 is 15.2 Å². The Bertz CT molecular complexity index is 649. The van der Waals surface area contributed by atoms with Gasteiger partial charge in [-0.05, 0) is 17.7 Å². The molecular weight excluding hydrogens is 270 g/mol. The Morgan fingerprint density at radius 1 is 1.43 bits per heavy atom. The second kappa shape index (κ2) is 5.57. The highest BCUT2D eigenvalue weighted by Crippen LogP contribution is 2.36. The molecule has 0 saturated carbocycles. The number of hydrogen-bond acceptors (Lipinski definition) is 4. The quantitative estimate of drug-likeness (QED) is 0.887. The Morgan fingerprint density at radius 3 is 2.90 bits per heavy atom. The first-order valence-electron chi connectivity index (χ1n) is 6.84. The number of aliphatic hydroxyl groups is 1. The lowest BCUT2D eigenvalue weighted by atomic mass is 9.87. The monoisotopic (exact) mass is 287 g/mol. The highest BCUT2D eigenvalue weighted by atomic mass is 16.5. The van der Waals surface area contributed by atoms with Gasteiger partial charge in [-0.25, -0.2) is 0 Å². The third-order valence-corrected chi connectivity index (χ3v) is 3.52. The zero-order valence-electron chi connectivity index (χ0n) is 11.7. The van der Waals surface area contributed by atoms with Crippen molar-refractivity contribution in [3.8, 4) is 5.75 Å². The lowest BCUT2D eigenvalue weighted by molar-refractivity contribution is -0.116. The van der Waals surface area contributed by atoms with Gasteiger partial charge in [0.2, 0.25) is 5.91 Å². The number of carbonyl (C=O) groups is 1. The van der Waals surface area contributed by atoms with Crippen LogP contribution in [0, 0.1) is 0 Å². The molecule has 1 aromatic carbocycles. The van der Waals surface area contributed by atoms with Crippen molar-refractivity contribution in [2.75, 3.05) is 18.5 Å². The molecule has 1 unspecified atom stereocenters. The van der Waals surface area contributed by atoms with Crippen LogP contribution in [-0.4, -0.2) is 34.0 Å². The van der Waals surface area contributed by atoms with E-state index in [1.54, 1.807) is 4.68 Å². The Morgan fingerprint density at radius 2 is 2.19 bits per heavy atom. The number of aryl methyl sites for hydroxylation is 1. The first-order valence-corrected chi connectivity index (χ1v) is 6.84. The molecule has 0 bridgehead atoms. The molecule has 21 heavy (non-hydrogen) atoms. The minimum Gasteiger partial charge on any atom is -0.491 e. The van der Waals surface area contributed by atoms with Gasteiger partial charge in [-0.2, -0.15) is 5.10 Å². The molecule has 0 aliphatic carbocycles. The molecule has 6 heteroatoms. The van der Waals surface area contributed by atoms with Crippen molar-refractivity contribution >= 4 is 11.7 Å². The van der Waals surface area contributed by atoms with Gasteiger partial charge in [0.25, 0.3) is 0 Å². The number of anilines is 1. The molecule has 6 nitrogen and oxygen atoms in total. The number of nitrogens with one attached hydrogen (secondary N) is 1. The summed E-state index contributed by atoms with van der Waals surface area (Å²) in [6.45, 7) is 0.265. The average molecular weight is 287 g/mol. The molecule has 2 aromatic rings. The smallest absolute Gasteiger partial charge is 0.226 e. The number of nitrogens with zero attached hydrogens (tertiary/aromatic N) is 2. The highest BCUT2D eigenvalue weighted by molar-refractivity contribution is 5.94. The minimum absolute atomic E-state index is 0.00865. The van der Waals surface area contributed by atoms with Gasteiger partial charge in [0.1, 0.15) is 12.4 Å². The molecule has 2 N–H and O–H groups in total. The first-order chi connectivity index (χ1) is 10.2. The van der Waals surface area contributed by atoms with Gasteiger partial charge in [-0.3, -0.25) is 9.48 Å². The highest BCUT2D eigenvalue weighted by Gasteiger charge is 2.28. The second-order valence-electron chi connectivity index (χ2n) is 5.05. The normalized spacial score (nSPS) is 17.2. The number of aromatic nitrogens is 2. The van der Waals surface area contributed by atoms with Gasteiger partial charge >= 0.3 is 0 Å². The predicted molar refractivity (Wildman–Crippen MR) is 77.3 cm³/mol. The number of amides is 1. The molecule has 110 valence electrons. The van der Waals surface area contributed by atoms with E-state index in [0.717, 1.165) is 11.1 Å². The molecular formula is C15H17N3O3. The zero-order chi connectivity index (χ0) is 14.8. The number of rotatable bonds is 4. The molecule has 0 fully saturated rings. The van der Waals surface area contributed by atoms with Gasteiger partial charge in [0.15, 0.2) is 5.82 Å². The number of fused-ring (bicyclic) bond motifs is 1. The minimum atomic E-state index is -0.0215. The largest absolute Gasteiger partial charge is 0.491 e. The van der Waals surface area contributed by atoms with Gasteiger partial charge in [0, 0.05) is 31.1 Å². The van der Waals surface area contributed by atoms with Crippen LogP contribution in [-0.2, 0) is 11.8 Å². The zero-order valence-corrected chi connectivity index (χ0v) is 11.7. The Labute approximate surface area is 122 Å². The maximum Gasteiger partial charge on any atom is 0.226 e. The van der Waals surface area contributed by atoms with E-state index >= 15 is 0 Å². The SMILES string of the molecule is Cn1cc2c(n1)NC(=O)CC2c1ccc(OCCO)cc1. The van der Waals surface area contributed by atoms with E-state index in [0.29, 0.717) is 18.0 Å². The average Bonchev–Trinajstić information content (AvgIpc) is 2.85. The number of benzene rings is 1. The standard InChI is InChI=1S/C15H17N3O3/c1-18-9-13-12(8-14(20)16-15(13)17-18)10-2-4-11(5-3-10)21-7-6-19/h2-5,9,12,19H,6-8H2,1H3,(H,16,17,20). The number of hydrogen-bond donors (Lipinski definition) is 2. The van der Waals surface area contributed by atoms with Crippen molar-refractivity contribution in [3.63, 3.8) is 0 Å². The van der Waals surface area contributed by atoms with E-state index in [1.165, 1.54) is 0 Å². The summed E-state index contributed by atoms with van der Waals surface area (Å²) >= 11 is 0. The summed E-state index contributed by atoms with van der Waals surface area (Å²) in [6.07, 6.45) is 2.35. The summed E-state index contributed by atoms with van der Waals surface area (Å²) in [4.78, 5) is 11.8. The van der Waals surface area contributed by atoms with Crippen LogP contribution in [0.25, 0.3) is 0 Å². The Balaban J connectivity index is 1.87. The maximum atomic E-state index is 11.8. The van der Waals surface area contributed by atoms with E-state index in [-0.39, 0.29) is 25.0 Å². The van der Waals surface area contributed by atoms with E-state index in [1.807, 2.05) is 37.5 Å². The van der Waals surface area contributed by atoms with Gasteiger partial charge in [0.05, 0.1) is 6.61 Å². The van der Waals surface area contributed by atoms with E-state index in [2.05, 4.69) is 10.4 Å². The summed E-state index contributed by atoms with van der Waals surface area (Å²) in [5.74, 6) is 1.33. The van der Waals surface area contributed by atoms with Crippen LogP contribution in [0.3, 0.4) is 0 Å². The van der Waals surface area contributed by atoms with Crippen LogP contribution in [0.2, 0.25) is 0 Å². The molecule has 1 aliphatic rings. The molecule has 2 heterocycles. The topological polar surface area (TPSA) is 76.4 Å². The van der Waals surface area contributed by atoms with Crippen molar-refractivity contribution < 1.29 is 14.6 Å². The van der Waals surface area contributed by atoms with Crippen molar-refractivity contribution in [1.82, 2.24) is 9.78 Å². The Hall–Kier alpha value is -2.34. The molecule has 3 rings (SSSR count). The van der Waals surface area contributed by atoms with Crippen LogP contribution < -0.4 is 10.1 Å². The predicted octanol–water partition coefficient (Wildman–Crippen LogP) is 1.27. The van der Waals surface area contributed by atoms with Gasteiger partial charge in [-0.1, -0.05) is 12.1 Å². The summed E-state index contributed by atoms with van der Waals surface area (Å²) in [5.41, 5.74) is 2.08. The van der Waals surface area contributed by atoms with Crippen LogP contribution in [0.5, 0.6) is 5.75 Å². The number of carbonyl (C=O) groups excluding carboxylic acids is 1. The first kappa shape index (κ1) is 13.6. The summed E-state index contributed by atoms with van der Waals surface area (Å²) in [6, 6.07) is 7.61. The molecule has 1 aromatic heterocycles. The molecule has 0 spiro atoms. The van der Waals surface area contributed by atoms with Crippen molar-refractivity contribution in [1.29, 1.82) is 0 Å². The fourth-order valence-electron chi connectivity index (χ4n) is 2.59. The van der Waals surface area contributed by atoms with Gasteiger partial charge in [-0.15, -0.1) is 0 Å². The van der Waals surface area contributed by atoms with Crippen LogP contribution >= 0.6 is 0 Å². The van der Waals surface area contributed by atoms with E-state index in [9.17, 15) is 4.79 Å². The maximum absolute atomic E-state index is 11.8. The van der Waals surface area contributed by atoms with Crippen molar-refractivity contribution in [3.05, 3.63) is 41.6 Å². The van der Waals surface area contributed by atoms with Crippen molar-refractivity contribution in [2.24, 2.45) is 7.05 Å². The van der Waals surface area contributed by atoms with Crippen LogP contribution in [0.4, 0.5) is 5.82 Å². The van der Waals surface area contributed by atoms with Crippen LogP contribution in [0.15, 0.2) is 30.5 Å². The lowest BCUT2D eigenvalue weighted by Gasteiger charge is -2.22. The summed E-state index contributed by atoms with van der Waals surface area (Å²) in [5, 5.41) is 15.8. The molecule has 1 amide bonds. The fraction of sp³-hybridized carbons (Fsp3) is 0.333. The summed E-state index contributed by atoms with van der Waals surface area (Å²) in [7, 11) is 1.84.